The van der Waals surface area contributed by atoms with Gasteiger partial charge in [0.05, 0.1) is 21.8 Å². The number of fused-ring (bicyclic) bond motifs is 1. The fourth-order valence-electron chi connectivity index (χ4n) is 2.91. The van der Waals surface area contributed by atoms with Gasteiger partial charge in [0.2, 0.25) is 0 Å². The molecule has 0 radical (unpaired) electrons. The molecule has 0 unspecified atom stereocenters. The summed E-state index contributed by atoms with van der Waals surface area (Å²) in [5, 5.41) is 6.69. The summed E-state index contributed by atoms with van der Waals surface area (Å²) in [6.45, 7) is 5.83. The van der Waals surface area contributed by atoms with Crippen molar-refractivity contribution in [2.45, 2.75) is 26.8 Å². The van der Waals surface area contributed by atoms with E-state index in [-0.39, 0.29) is 11.9 Å². The second-order valence-corrected chi connectivity index (χ2v) is 7.81. The van der Waals surface area contributed by atoms with E-state index in [1.807, 2.05) is 50.4 Å². The first-order chi connectivity index (χ1) is 13.5. The molecular weight excluding hydrogens is 370 g/mol. The van der Waals surface area contributed by atoms with Gasteiger partial charge in [0.1, 0.15) is 5.69 Å². The van der Waals surface area contributed by atoms with Crippen LogP contribution in [0.4, 0.5) is 0 Å². The number of hydrogen-bond acceptors (Lipinski definition) is 6. The maximum atomic E-state index is 12.7. The van der Waals surface area contributed by atoms with Gasteiger partial charge in [-0.25, -0.2) is 19.9 Å². The lowest BCUT2D eigenvalue weighted by Gasteiger charge is -2.12. The Morgan fingerprint density at radius 3 is 2.50 bits per heavy atom. The summed E-state index contributed by atoms with van der Waals surface area (Å²) in [6.07, 6.45) is 3.44. The van der Waals surface area contributed by atoms with Crippen molar-refractivity contribution in [3.05, 3.63) is 58.7 Å². The largest absolute Gasteiger partial charge is 0.350 e. The van der Waals surface area contributed by atoms with E-state index in [4.69, 9.17) is 4.98 Å². The topological polar surface area (TPSA) is 80.7 Å². The van der Waals surface area contributed by atoms with E-state index in [0.29, 0.717) is 17.1 Å². The summed E-state index contributed by atoms with van der Waals surface area (Å²) in [6, 6.07) is 9.47. The number of benzene rings is 1. The Kier molecular flexibility index (Phi) is 4.83. The van der Waals surface area contributed by atoms with E-state index >= 15 is 0 Å². The van der Waals surface area contributed by atoms with Crippen molar-refractivity contribution in [1.29, 1.82) is 0 Å². The molecule has 0 atom stereocenters. The molecule has 0 aliphatic heterocycles. The highest BCUT2D eigenvalue weighted by Crippen LogP contribution is 2.25. The Labute approximate surface area is 166 Å². The summed E-state index contributed by atoms with van der Waals surface area (Å²) in [5.74, 6) is 0.456. The molecule has 0 spiro atoms. The normalized spacial score (nSPS) is 11.1. The van der Waals surface area contributed by atoms with Crippen molar-refractivity contribution in [2.24, 2.45) is 0 Å². The lowest BCUT2D eigenvalue weighted by molar-refractivity contribution is 0.0945. The third-order valence-corrected chi connectivity index (χ3v) is 4.95. The first kappa shape index (κ1) is 18.2. The van der Waals surface area contributed by atoms with Crippen LogP contribution in [0.5, 0.6) is 0 Å². The van der Waals surface area contributed by atoms with Crippen molar-refractivity contribution in [2.75, 3.05) is 0 Å². The van der Waals surface area contributed by atoms with E-state index in [1.54, 1.807) is 29.8 Å². The maximum Gasteiger partial charge on any atom is 0.252 e. The zero-order valence-electron chi connectivity index (χ0n) is 15.8. The van der Waals surface area contributed by atoms with Gasteiger partial charge in [0, 0.05) is 34.8 Å². The summed E-state index contributed by atoms with van der Waals surface area (Å²) < 4.78 is 0. The Balaban J connectivity index is 1.77. The molecule has 0 saturated carbocycles. The quantitative estimate of drug-likeness (QED) is 0.564. The van der Waals surface area contributed by atoms with E-state index in [2.05, 4.69) is 20.3 Å². The highest BCUT2D eigenvalue weighted by molar-refractivity contribution is 7.09. The van der Waals surface area contributed by atoms with Gasteiger partial charge in [-0.15, -0.1) is 11.3 Å². The monoisotopic (exact) mass is 389 g/mol. The van der Waals surface area contributed by atoms with Crippen LogP contribution in [-0.4, -0.2) is 31.9 Å². The Bertz CT molecular complexity index is 1150. The Hall–Kier alpha value is -3.19. The number of aryl methyl sites for hydroxylation is 1. The van der Waals surface area contributed by atoms with Gasteiger partial charge in [-0.3, -0.25) is 4.79 Å². The van der Waals surface area contributed by atoms with Crippen molar-refractivity contribution >= 4 is 28.1 Å². The van der Waals surface area contributed by atoms with Gasteiger partial charge in [-0.1, -0.05) is 18.2 Å². The number of nitrogens with one attached hydrogen (secondary N) is 1. The second-order valence-electron chi connectivity index (χ2n) is 6.75. The van der Waals surface area contributed by atoms with Crippen LogP contribution >= 0.6 is 11.3 Å². The molecule has 1 N–H and O–H groups in total. The SMILES string of the molecule is Cc1nc(-c2ncc(-c3cc(C(=O)NC(C)C)c4ccccc4n3)cn2)cs1. The predicted octanol–water partition coefficient (Wildman–Crippen LogP) is 4.26. The molecule has 28 heavy (non-hydrogen) atoms. The third kappa shape index (κ3) is 3.61. The first-order valence-corrected chi connectivity index (χ1v) is 9.85. The Morgan fingerprint density at radius 2 is 1.82 bits per heavy atom. The van der Waals surface area contributed by atoms with Crippen LogP contribution in [0.25, 0.3) is 33.7 Å². The first-order valence-electron chi connectivity index (χ1n) is 8.97. The smallest absolute Gasteiger partial charge is 0.252 e. The molecule has 1 aromatic carbocycles. The summed E-state index contributed by atoms with van der Waals surface area (Å²) >= 11 is 1.56. The van der Waals surface area contributed by atoms with Crippen molar-refractivity contribution in [3.8, 4) is 22.8 Å². The maximum absolute atomic E-state index is 12.7. The van der Waals surface area contributed by atoms with Crippen LogP contribution in [0.1, 0.15) is 29.2 Å². The van der Waals surface area contributed by atoms with Crippen LogP contribution in [0.15, 0.2) is 48.1 Å². The number of para-hydroxylation sites is 1. The molecule has 7 heteroatoms. The highest BCUT2D eigenvalue weighted by Gasteiger charge is 2.15. The van der Waals surface area contributed by atoms with Crippen molar-refractivity contribution < 1.29 is 4.79 Å². The van der Waals surface area contributed by atoms with Crippen LogP contribution < -0.4 is 5.32 Å². The van der Waals surface area contributed by atoms with E-state index in [1.165, 1.54) is 0 Å². The molecule has 140 valence electrons. The standard InChI is InChI=1S/C21H19N5OS/c1-12(2)24-21(27)16-8-18(26-17-7-5-4-6-15(16)17)14-9-22-20(23-10-14)19-11-28-13(3)25-19/h4-12H,1-3H3,(H,24,27). The number of rotatable bonds is 4. The number of carbonyl (C=O) groups is 1. The van der Waals surface area contributed by atoms with Crippen LogP contribution in [0.3, 0.4) is 0 Å². The fraction of sp³-hybridized carbons (Fsp3) is 0.190. The minimum Gasteiger partial charge on any atom is -0.350 e. The molecule has 3 heterocycles. The average Bonchev–Trinajstić information content (AvgIpc) is 3.13. The molecule has 0 saturated heterocycles. The second kappa shape index (κ2) is 7.44. The van der Waals surface area contributed by atoms with Crippen molar-refractivity contribution in [3.63, 3.8) is 0 Å². The number of aromatic nitrogens is 4. The zero-order valence-corrected chi connectivity index (χ0v) is 16.6. The van der Waals surface area contributed by atoms with E-state index in [9.17, 15) is 4.79 Å². The molecule has 1 amide bonds. The minimum atomic E-state index is -0.120. The molecule has 0 fully saturated rings. The van der Waals surface area contributed by atoms with Gasteiger partial charge in [-0.05, 0) is 32.9 Å². The van der Waals surface area contributed by atoms with Gasteiger partial charge < -0.3 is 5.32 Å². The molecule has 4 aromatic rings. The molecular formula is C21H19N5OS. The number of hydrogen-bond donors (Lipinski definition) is 1. The third-order valence-electron chi connectivity index (χ3n) is 4.18. The molecule has 0 aliphatic carbocycles. The summed E-state index contributed by atoms with van der Waals surface area (Å²) in [7, 11) is 0. The van der Waals surface area contributed by atoms with Gasteiger partial charge in [-0.2, -0.15) is 0 Å². The number of carbonyl (C=O) groups excluding carboxylic acids is 1. The minimum absolute atomic E-state index is 0.0482. The molecule has 6 nitrogen and oxygen atoms in total. The van der Waals surface area contributed by atoms with E-state index in [0.717, 1.165) is 27.2 Å². The number of nitrogens with zero attached hydrogens (tertiary/aromatic N) is 4. The predicted molar refractivity (Wildman–Crippen MR) is 111 cm³/mol. The van der Waals surface area contributed by atoms with Crippen molar-refractivity contribution in [1.82, 2.24) is 25.3 Å². The lowest BCUT2D eigenvalue weighted by Crippen LogP contribution is -2.30. The highest BCUT2D eigenvalue weighted by atomic mass is 32.1. The lowest BCUT2D eigenvalue weighted by atomic mass is 10.0. The molecule has 3 aromatic heterocycles. The van der Waals surface area contributed by atoms with Crippen LogP contribution in [-0.2, 0) is 0 Å². The molecule has 4 rings (SSSR count). The number of thiazole rings is 1. The van der Waals surface area contributed by atoms with Gasteiger partial charge in [0.25, 0.3) is 5.91 Å². The average molecular weight is 389 g/mol. The molecule has 0 bridgehead atoms. The van der Waals surface area contributed by atoms with Gasteiger partial charge in [0.15, 0.2) is 5.82 Å². The zero-order chi connectivity index (χ0) is 19.7. The van der Waals surface area contributed by atoms with E-state index < -0.39 is 0 Å². The fourth-order valence-corrected chi connectivity index (χ4v) is 3.50. The molecule has 0 aliphatic rings. The number of pyridine rings is 1. The number of amides is 1. The van der Waals surface area contributed by atoms with Crippen LogP contribution in [0.2, 0.25) is 0 Å². The summed E-state index contributed by atoms with van der Waals surface area (Å²) in [4.78, 5) is 30.7. The Morgan fingerprint density at radius 1 is 1.07 bits per heavy atom. The summed E-state index contributed by atoms with van der Waals surface area (Å²) in [5.41, 5.74) is 3.52. The van der Waals surface area contributed by atoms with Gasteiger partial charge >= 0.3 is 0 Å². The van der Waals surface area contributed by atoms with Crippen LogP contribution in [0, 0.1) is 6.92 Å².